The molecule has 1 atom stereocenters. The predicted molar refractivity (Wildman–Crippen MR) is 57.9 cm³/mol. The maximum Gasteiger partial charge on any atom is 0.164 e. The van der Waals surface area contributed by atoms with Crippen LogP contribution in [0, 0.1) is 17.2 Å². The number of halogens is 1. The van der Waals surface area contributed by atoms with Crippen molar-refractivity contribution in [1.82, 2.24) is 0 Å². The monoisotopic (exact) mass is 251 g/mol. The summed E-state index contributed by atoms with van der Waals surface area (Å²) in [4.78, 5) is 11.6. The first-order chi connectivity index (χ1) is 6.63. The summed E-state index contributed by atoms with van der Waals surface area (Å²) in [7, 11) is 0. The van der Waals surface area contributed by atoms with Crippen LogP contribution in [-0.2, 0) is 0 Å². The second kappa shape index (κ2) is 4.92. The van der Waals surface area contributed by atoms with Crippen molar-refractivity contribution in [3.63, 3.8) is 0 Å². The average Bonchev–Trinajstić information content (AvgIpc) is 2.18. The van der Waals surface area contributed by atoms with Crippen LogP contribution in [-0.4, -0.2) is 5.78 Å². The number of rotatable bonds is 3. The largest absolute Gasteiger partial charge is 0.294 e. The van der Waals surface area contributed by atoms with Crippen LogP contribution in [0.4, 0.5) is 0 Å². The van der Waals surface area contributed by atoms with E-state index in [1.807, 2.05) is 18.2 Å². The Bertz CT molecular complexity index is 364. The van der Waals surface area contributed by atoms with Crippen molar-refractivity contribution in [3.05, 3.63) is 34.3 Å². The van der Waals surface area contributed by atoms with E-state index < -0.39 is 0 Å². The molecule has 1 aromatic rings. The number of carbonyl (C=O) groups is 1. The highest BCUT2D eigenvalue weighted by molar-refractivity contribution is 9.10. The van der Waals surface area contributed by atoms with Crippen LogP contribution in [0.25, 0.3) is 0 Å². The minimum absolute atomic E-state index is 0.0200. The number of ketones is 1. The van der Waals surface area contributed by atoms with Gasteiger partial charge in [-0.25, -0.2) is 0 Å². The molecule has 2 nitrogen and oxygen atoms in total. The molecule has 1 aromatic carbocycles. The molecular formula is C11H10BrNO. The van der Waals surface area contributed by atoms with Gasteiger partial charge in [0.25, 0.3) is 0 Å². The maximum absolute atomic E-state index is 11.6. The second-order valence-corrected chi connectivity index (χ2v) is 4.08. The molecule has 14 heavy (non-hydrogen) atoms. The number of carbonyl (C=O) groups excluding carboxylic acids is 1. The van der Waals surface area contributed by atoms with Gasteiger partial charge >= 0.3 is 0 Å². The van der Waals surface area contributed by atoms with E-state index in [9.17, 15) is 4.79 Å². The van der Waals surface area contributed by atoms with Crippen LogP contribution in [0.1, 0.15) is 23.7 Å². The Morgan fingerprint density at radius 1 is 1.50 bits per heavy atom. The lowest BCUT2D eigenvalue weighted by atomic mass is 10.0. The van der Waals surface area contributed by atoms with Crippen molar-refractivity contribution in [2.45, 2.75) is 13.3 Å². The molecule has 0 fully saturated rings. The first kappa shape index (κ1) is 10.9. The minimum Gasteiger partial charge on any atom is -0.294 e. The smallest absolute Gasteiger partial charge is 0.164 e. The molecule has 1 rings (SSSR count). The van der Waals surface area contributed by atoms with E-state index in [0.29, 0.717) is 5.56 Å². The molecule has 0 aliphatic heterocycles. The lowest BCUT2D eigenvalue weighted by Crippen LogP contribution is -2.04. The zero-order valence-corrected chi connectivity index (χ0v) is 9.41. The highest BCUT2D eigenvalue weighted by Gasteiger charge is 2.09. The number of nitriles is 1. The highest BCUT2D eigenvalue weighted by atomic mass is 79.9. The number of nitrogens with zero attached hydrogens (tertiary/aromatic N) is 1. The number of hydrogen-bond donors (Lipinski definition) is 0. The third-order valence-electron chi connectivity index (χ3n) is 1.88. The van der Waals surface area contributed by atoms with Crippen LogP contribution >= 0.6 is 15.9 Å². The van der Waals surface area contributed by atoms with Gasteiger partial charge in [-0.3, -0.25) is 4.79 Å². The fourth-order valence-corrected chi connectivity index (χ4v) is 1.34. The average molecular weight is 252 g/mol. The molecule has 1 unspecified atom stereocenters. The van der Waals surface area contributed by atoms with Crippen LogP contribution in [0.3, 0.4) is 0 Å². The molecule has 0 spiro atoms. The van der Waals surface area contributed by atoms with E-state index in [1.54, 1.807) is 19.1 Å². The summed E-state index contributed by atoms with van der Waals surface area (Å²) in [5.41, 5.74) is 0.662. The Morgan fingerprint density at radius 2 is 2.07 bits per heavy atom. The van der Waals surface area contributed by atoms with Gasteiger partial charge in [0, 0.05) is 16.5 Å². The fraction of sp³-hybridized carbons (Fsp3) is 0.273. The van der Waals surface area contributed by atoms with Crippen molar-refractivity contribution in [3.8, 4) is 6.07 Å². The van der Waals surface area contributed by atoms with E-state index in [-0.39, 0.29) is 18.1 Å². The molecule has 0 saturated carbocycles. The predicted octanol–water partition coefficient (Wildman–Crippen LogP) is 3.18. The van der Waals surface area contributed by atoms with Crippen molar-refractivity contribution >= 4 is 21.7 Å². The van der Waals surface area contributed by atoms with Gasteiger partial charge in [-0.1, -0.05) is 28.1 Å². The van der Waals surface area contributed by atoms with Crippen LogP contribution in [0.2, 0.25) is 0 Å². The summed E-state index contributed by atoms with van der Waals surface area (Å²) >= 11 is 3.30. The van der Waals surface area contributed by atoms with Crippen molar-refractivity contribution in [1.29, 1.82) is 5.26 Å². The summed E-state index contributed by atoms with van der Waals surface area (Å²) in [5.74, 6) is -0.197. The molecule has 0 N–H and O–H groups in total. The molecule has 3 heteroatoms. The summed E-state index contributed by atoms with van der Waals surface area (Å²) in [5, 5.41) is 8.56. The summed E-state index contributed by atoms with van der Waals surface area (Å²) < 4.78 is 0.947. The Balaban J connectivity index is 2.71. The normalized spacial score (nSPS) is 11.8. The molecule has 0 bridgehead atoms. The van der Waals surface area contributed by atoms with Gasteiger partial charge in [-0.2, -0.15) is 5.26 Å². The van der Waals surface area contributed by atoms with E-state index >= 15 is 0 Å². The lowest BCUT2D eigenvalue weighted by Gasteiger charge is -2.01. The van der Waals surface area contributed by atoms with Gasteiger partial charge in [0.15, 0.2) is 5.78 Å². The Labute approximate surface area is 91.7 Å². The van der Waals surface area contributed by atoms with E-state index in [2.05, 4.69) is 15.9 Å². The first-order valence-electron chi connectivity index (χ1n) is 4.32. The summed E-state index contributed by atoms with van der Waals surface area (Å²) in [6, 6.07) is 9.22. The van der Waals surface area contributed by atoms with Gasteiger partial charge in [-0.05, 0) is 19.1 Å². The van der Waals surface area contributed by atoms with Crippen molar-refractivity contribution in [2.75, 3.05) is 0 Å². The summed E-state index contributed by atoms with van der Waals surface area (Å²) in [6.45, 7) is 1.75. The van der Waals surface area contributed by atoms with E-state index in [0.717, 1.165) is 4.47 Å². The quantitative estimate of drug-likeness (QED) is 0.775. The number of hydrogen-bond acceptors (Lipinski definition) is 2. The molecule has 0 radical (unpaired) electrons. The SMILES string of the molecule is CC(C#N)CC(=O)c1ccc(Br)cc1. The van der Waals surface area contributed by atoms with Crippen molar-refractivity contribution < 1.29 is 4.79 Å². The van der Waals surface area contributed by atoms with E-state index in [1.165, 1.54) is 0 Å². The van der Waals surface area contributed by atoms with Crippen molar-refractivity contribution in [2.24, 2.45) is 5.92 Å². The third kappa shape index (κ3) is 2.97. The molecule has 72 valence electrons. The Morgan fingerprint density at radius 3 is 2.57 bits per heavy atom. The number of Topliss-reactive ketones (excluding diaryl/α,β-unsaturated/α-hetero) is 1. The van der Waals surface area contributed by atoms with Gasteiger partial charge in [0.05, 0.1) is 12.0 Å². The number of benzene rings is 1. The Kier molecular flexibility index (Phi) is 3.84. The maximum atomic E-state index is 11.6. The molecule has 0 amide bonds. The van der Waals surface area contributed by atoms with Crippen LogP contribution in [0.15, 0.2) is 28.7 Å². The highest BCUT2D eigenvalue weighted by Crippen LogP contribution is 2.13. The Hall–Kier alpha value is -1.14. The second-order valence-electron chi connectivity index (χ2n) is 3.16. The zero-order valence-electron chi connectivity index (χ0n) is 7.83. The van der Waals surface area contributed by atoms with Crippen LogP contribution < -0.4 is 0 Å². The molecular weight excluding hydrogens is 242 g/mol. The third-order valence-corrected chi connectivity index (χ3v) is 2.41. The molecule has 0 aromatic heterocycles. The molecule has 0 aliphatic carbocycles. The van der Waals surface area contributed by atoms with Gasteiger partial charge in [0.1, 0.15) is 0 Å². The summed E-state index contributed by atoms with van der Waals surface area (Å²) in [6.07, 6.45) is 0.290. The first-order valence-corrected chi connectivity index (χ1v) is 5.11. The van der Waals surface area contributed by atoms with Gasteiger partial charge in [-0.15, -0.1) is 0 Å². The van der Waals surface area contributed by atoms with Crippen LogP contribution in [0.5, 0.6) is 0 Å². The molecule has 0 aliphatic rings. The van der Waals surface area contributed by atoms with Gasteiger partial charge in [0.2, 0.25) is 0 Å². The minimum atomic E-state index is -0.217. The zero-order chi connectivity index (χ0) is 10.6. The van der Waals surface area contributed by atoms with E-state index in [4.69, 9.17) is 5.26 Å². The standard InChI is InChI=1S/C11H10BrNO/c1-8(7-13)6-11(14)9-2-4-10(12)5-3-9/h2-5,8H,6H2,1H3. The molecule has 0 saturated heterocycles. The molecule has 0 heterocycles. The fourth-order valence-electron chi connectivity index (χ4n) is 1.08. The lowest BCUT2D eigenvalue weighted by molar-refractivity contribution is 0.0973. The topological polar surface area (TPSA) is 40.9 Å². The van der Waals surface area contributed by atoms with Gasteiger partial charge < -0.3 is 0 Å².